The van der Waals surface area contributed by atoms with Gasteiger partial charge in [0.15, 0.2) is 11.9 Å². The van der Waals surface area contributed by atoms with E-state index in [1.54, 1.807) is 48.2 Å². The summed E-state index contributed by atoms with van der Waals surface area (Å²) in [6.07, 6.45) is 4.41. The van der Waals surface area contributed by atoms with Gasteiger partial charge >= 0.3 is 0 Å². The third-order valence-electron chi connectivity index (χ3n) is 5.48. The molecule has 198 valence electrons. The molecule has 0 unspecified atom stereocenters. The first-order valence-corrected chi connectivity index (χ1v) is 14.0. The van der Waals surface area contributed by atoms with Gasteiger partial charge in [0.1, 0.15) is 4.88 Å². The molecule has 1 heterocycles. The average molecular weight is 546 g/mol. The van der Waals surface area contributed by atoms with Gasteiger partial charge in [-0.25, -0.2) is 19.2 Å². The molecule has 10 nitrogen and oxygen atoms in total. The number of methoxy groups -OCH3 is 1. The summed E-state index contributed by atoms with van der Waals surface area (Å²) in [5.41, 5.74) is 11.2. The number of sulfonamides is 1. The Morgan fingerprint density at radius 2 is 1.86 bits per heavy atom. The molecule has 0 fully saturated rings. The van der Waals surface area contributed by atoms with Crippen molar-refractivity contribution in [2.45, 2.75) is 33.1 Å². The number of thiazole rings is 1. The van der Waals surface area contributed by atoms with Crippen LogP contribution >= 0.6 is 11.3 Å². The molecule has 1 amide bonds. The monoisotopic (exact) mass is 545 g/mol. The minimum Gasteiger partial charge on any atom is -0.492 e. The minimum atomic E-state index is -3.59. The van der Waals surface area contributed by atoms with Crippen molar-refractivity contribution in [1.29, 1.82) is 0 Å². The van der Waals surface area contributed by atoms with Gasteiger partial charge in [-0.2, -0.15) is 0 Å². The summed E-state index contributed by atoms with van der Waals surface area (Å²) >= 11 is 1.44. The van der Waals surface area contributed by atoms with Gasteiger partial charge in [-0.3, -0.25) is 14.5 Å². The number of ether oxygens (including phenoxy) is 1. The highest BCUT2D eigenvalue weighted by Gasteiger charge is 2.23. The number of rotatable bonds is 8. The van der Waals surface area contributed by atoms with E-state index in [0.29, 0.717) is 22.6 Å². The minimum absolute atomic E-state index is 0.197. The van der Waals surface area contributed by atoms with Crippen LogP contribution in [0.25, 0.3) is 5.70 Å². The summed E-state index contributed by atoms with van der Waals surface area (Å²) in [6, 6.07) is 8.60. The standard InChI is InChI=1S/C25H32N6O4S2/c1-15-7-8-16(9-21(15)31(27)13-18(26)22-12-28-14-36-22)24(32)29-19-10-17(25(2,3)4)11-20(23(19)35-5)30-37(6,33)34/h7-14,30H,26-27H2,1-6H3,(H,29,32)/p+1/b18-13-. The predicted octanol–water partition coefficient (Wildman–Crippen LogP) is 3.44. The number of nitrogens with zero attached hydrogens (tertiary/aromatic N) is 1. The second-order valence-electron chi connectivity index (χ2n) is 9.59. The summed E-state index contributed by atoms with van der Waals surface area (Å²) < 4.78 is 31.9. The second-order valence-corrected chi connectivity index (χ2v) is 12.2. The second kappa shape index (κ2) is 10.8. The van der Waals surface area contributed by atoms with Gasteiger partial charge in [-0.15, -0.1) is 0 Å². The van der Waals surface area contributed by atoms with Crippen molar-refractivity contribution >= 4 is 50.0 Å². The van der Waals surface area contributed by atoms with E-state index in [9.17, 15) is 13.2 Å². The Morgan fingerprint density at radius 1 is 1.19 bits per heavy atom. The van der Waals surface area contributed by atoms with Gasteiger partial charge in [0, 0.05) is 11.8 Å². The van der Waals surface area contributed by atoms with E-state index < -0.39 is 15.9 Å². The number of amides is 1. The van der Waals surface area contributed by atoms with E-state index in [-0.39, 0.29) is 16.9 Å². The molecule has 7 N–H and O–H groups in total. The first-order valence-electron chi connectivity index (χ1n) is 11.3. The Balaban J connectivity index is 1.99. The van der Waals surface area contributed by atoms with Crippen molar-refractivity contribution in [2.75, 3.05) is 28.4 Å². The third-order valence-corrected chi connectivity index (χ3v) is 6.94. The van der Waals surface area contributed by atoms with Gasteiger partial charge in [-0.1, -0.05) is 38.2 Å². The van der Waals surface area contributed by atoms with Crippen molar-refractivity contribution in [3.05, 3.63) is 69.8 Å². The van der Waals surface area contributed by atoms with Crippen LogP contribution < -0.4 is 36.3 Å². The molecule has 0 saturated heterocycles. The Morgan fingerprint density at radius 3 is 2.43 bits per heavy atom. The summed E-state index contributed by atoms with van der Waals surface area (Å²) in [5, 5.41) is 4.24. The van der Waals surface area contributed by atoms with Crippen molar-refractivity contribution in [3.8, 4) is 5.75 Å². The fraction of sp³-hybridized carbons (Fsp3) is 0.280. The molecule has 0 radical (unpaired) electrons. The molecular formula is C25H33N6O4S2+. The van der Waals surface area contributed by atoms with Crippen LogP contribution in [0.3, 0.4) is 0 Å². The Hall–Kier alpha value is -3.61. The molecule has 0 aliphatic carbocycles. The van der Waals surface area contributed by atoms with Crippen LogP contribution in [0.15, 0.2) is 48.2 Å². The van der Waals surface area contributed by atoms with Crippen LogP contribution in [0.1, 0.15) is 47.1 Å². The van der Waals surface area contributed by atoms with Crippen molar-refractivity contribution < 1.29 is 22.9 Å². The lowest BCUT2D eigenvalue weighted by atomic mass is 9.86. The molecule has 0 atom stereocenters. The van der Waals surface area contributed by atoms with Gasteiger partial charge in [0.25, 0.3) is 5.91 Å². The SMILES string of the molecule is COc1c(NC(=O)c2ccc(C)c(N(N)/C=C(\N)c3c[nH+]cs3)c2)cc(C(C)(C)C)cc1NS(C)(=O)=O. The van der Waals surface area contributed by atoms with Gasteiger partial charge < -0.3 is 15.8 Å². The molecule has 3 aromatic rings. The number of hydrogen-bond donors (Lipinski definition) is 4. The Labute approximate surface area is 221 Å². The van der Waals surface area contributed by atoms with Crippen LogP contribution in [0.4, 0.5) is 17.1 Å². The van der Waals surface area contributed by atoms with Crippen LogP contribution in [-0.4, -0.2) is 27.7 Å². The fourth-order valence-electron chi connectivity index (χ4n) is 3.55. The summed E-state index contributed by atoms with van der Waals surface area (Å²) in [6.45, 7) is 7.83. The molecule has 0 saturated carbocycles. The zero-order valence-electron chi connectivity index (χ0n) is 21.7. The number of nitrogens with one attached hydrogen (secondary N) is 3. The summed E-state index contributed by atoms with van der Waals surface area (Å²) in [4.78, 5) is 17.1. The van der Waals surface area contributed by atoms with Crippen LogP contribution in [0.5, 0.6) is 5.75 Å². The molecule has 12 heteroatoms. The van der Waals surface area contributed by atoms with E-state index in [0.717, 1.165) is 22.3 Å². The van der Waals surface area contributed by atoms with Crippen LogP contribution in [0, 0.1) is 6.92 Å². The summed E-state index contributed by atoms with van der Waals surface area (Å²) in [7, 11) is -2.18. The first kappa shape index (κ1) is 28.0. The number of carbonyl (C=O) groups is 1. The zero-order chi connectivity index (χ0) is 27.5. The van der Waals surface area contributed by atoms with E-state index >= 15 is 0 Å². The topological polar surface area (TPSA) is 154 Å². The maximum atomic E-state index is 13.3. The summed E-state index contributed by atoms with van der Waals surface area (Å²) in [5.74, 6) is 6.05. The number of nitrogens with two attached hydrogens (primary N) is 2. The number of hydrogen-bond acceptors (Lipinski definition) is 8. The van der Waals surface area contributed by atoms with Gasteiger partial charge in [-0.05, 0) is 47.7 Å². The number of aromatic nitrogens is 1. The molecule has 1 aromatic heterocycles. The lowest BCUT2D eigenvalue weighted by Crippen LogP contribution is -2.27. The van der Waals surface area contributed by atoms with E-state index in [1.807, 2.05) is 27.7 Å². The quantitative estimate of drug-likeness (QED) is 0.250. The lowest BCUT2D eigenvalue weighted by molar-refractivity contribution is -0.370. The first-order chi connectivity index (χ1) is 17.2. The number of aryl methyl sites for hydroxylation is 1. The fourth-order valence-corrected chi connectivity index (χ4v) is 4.69. The van der Waals surface area contributed by atoms with Crippen molar-refractivity contribution in [3.63, 3.8) is 0 Å². The third kappa shape index (κ3) is 7.00. The molecule has 0 aliphatic heterocycles. The van der Waals surface area contributed by atoms with Crippen LogP contribution in [-0.2, 0) is 15.4 Å². The molecule has 3 rings (SSSR count). The van der Waals surface area contributed by atoms with Gasteiger partial charge in [0.2, 0.25) is 15.5 Å². The zero-order valence-corrected chi connectivity index (χ0v) is 23.3. The predicted molar refractivity (Wildman–Crippen MR) is 149 cm³/mol. The van der Waals surface area contributed by atoms with E-state index in [4.69, 9.17) is 16.3 Å². The van der Waals surface area contributed by atoms with E-state index in [1.165, 1.54) is 23.5 Å². The normalized spacial score (nSPS) is 12.2. The smallest absolute Gasteiger partial charge is 0.255 e. The highest BCUT2D eigenvalue weighted by molar-refractivity contribution is 7.92. The highest BCUT2D eigenvalue weighted by Crippen LogP contribution is 2.39. The molecule has 2 aromatic carbocycles. The molecule has 0 spiro atoms. The number of anilines is 3. The number of hydrazine groups is 1. The molecule has 0 aliphatic rings. The Bertz CT molecular complexity index is 1430. The number of H-pyrrole nitrogens is 1. The lowest BCUT2D eigenvalue weighted by Gasteiger charge is -2.24. The molecular weight excluding hydrogens is 512 g/mol. The largest absolute Gasteiger partial charge is 0.492 e. The van der Waals surface area contributed by atoms with E-state index in [2.05, 4.69) is 15.0 Å². The Kier molecular flexibility index (Phi) is 8.16. The maximum Gasteiger partial charge on any atom is 0.255 e. The number of benzene rings is 2. The highest BCUT2D eigenvalue weighted by atomic mass is 32.2. The molecule has 37 heavy (non-hydrogen) atoms. The van der Waals surface area contributed by atoms with Crippen molar-refractivity contribution in [2.24, 2.45) is 11.6 Å². The number of aromatic amines is 1. The molecule has 0 bridgehead atoms. The average Bonchev–Trinajstić information content (AvgIpc) is 3.32. The van der Waals surface area contributed by atoms with Crippen molar-refractivity contribution in [1.82, 2.24) is 0 Å². The van der Waals surface area contributed by atoms with Crippen LogP contribution in [0.2, 0.25) is 0 Å². The van der Waals surface area contributed by atoms with Gasteiger partial charge in [0.05, 0.1) is 36.1 Å². The maximum absolute atomic E-state index is 13.3. The number of carbonyl (C=O) groups excluding carboxylic acids is 1.